The van der Waals surface area contributed by atoms with Crippen molar-refractivity contribution in [2.24, 2.45) is 0 Å². The Kier molecular flexibility index (Phi) is 2.82. The number of rotatable bonds is 4. The summed E-state index contributed by atoms with van der Waals surface area (Å²) in [5.41, 5.74) is 2.40. The second-order valence-corrected chi connectivity index (χ2v) is 4.44. The van der Waals surface area contributed by atoms with Crippen molar-refractivity contribution in [1.82, 2.24) is 10.2 Å². The third-order valence-electron chi connectivity index (χ3n) is 3.07. The lowest BCUT2D eigenvalue weighted by Gasteiger charge is -2.08. The molecule has 0 radical (unpaired) electrons. The number of hydrogen-bond donors (Lipinski definition) is 3. The maximum absolute atomic E-state index is 11.3. The number of carbonyl (C=O) groups is 1. The Bertz CT molecular complexity index is 681. The van der Waals surface area contributed by atoms with Gasteiger partial charge in [0.15, 0.2) is 0 Å². The minimum absolute atomic E-state index is 0.0419. The minimum atomic E-state index is -0.460. The number of aromatic amines is 1. The molecule has 3 rings (SSSR count). The van der Waals surface area contributed by atoms with Crippen LogP contribution in [0.4, 0.5) is 17.1 Å². The van der Waals surface area contributed by atoms with Gasteiger partial charge in [-0.15, -0.1) is 0 Å². The quantitative estimate of drug-likeness (QED) is 0.576. The molecule has 0 bridgehead atoms. The zero-order valence-electron chi connectivity index (χ0n) is 10.3. The van der Waals surface area contributed by atoms with Gasteiger partial charge in [-0.2, -0.15) is 5.10 Å². The zero-order chi connectivity index (χ0) is 14.1. The SMILES string of the molecule is O=C1Cc2cc([N+](=O)[O-])c(NCc3ccn[nH]3)cc2N1. The number of nitro benzene ring substituents is 1. The Morgan fingerprint density at radius 2 is 2.30 bits per heavy atom. The molecule has 0 atom stereocenters. The van der Waals surface area contributed by atoms with Crippen molar-refractivity contribution in [1.29, 1.82) is 0 Å². The molecule has 0 unspecified atom stereocenters. The molecule has 8 heteroatoms. The van der Waals surface area contributed by atoms with Crippen LogP contribution in [0.25, 0.3) is 0 Å². The number of H-pyrrole nitrogens is 1. The summed E-state index contributed by atoms with van der Waals surface area (Å²) >= 11 is 0. The van der Waals surface area contributed by atoms with Crippen LogP contribution >= 0.6 is 0 Å². The number of nitrogens with one attached hydrogen (secondary N) is 3. The molecule has 1 aromatic carbocycles. The van der Waals surface area contributed by atoms with Gasteiger partial charge in [-0.25, -0.2) is 0 Å². The van der Waals surface area contributed by atoms with Crippen LogP contribution in [0.1, 0.15) is 11.3 Å². The molecule has 8 nitrogen and oxygen atoms in total. The van der Waals surface area contributed by atoms with E-state index < -0.39 is 4.92 Å². The molecule has 0 saturated heterocycles. The summed E-state index contributed by atoms with van der Waals surface area (Å²) in [5.74, 6) is -0.153. The van der Waals surface area contributed by atoms with E-state index in [4.69, 9.17) is 0 Å². The van der Waals surface area contributed by atoms with E-state index in [-0.39, 0.29) is 18.0 Å². The van der Waals surface area contributed by atoms with Crippen LogP contribution in [0.2, 0.25) is 0 Å². The number of nitrogens with zero attached hydrogens (tertiary/aromatic N) is 2. The lowest BCUT2D eigenvalue weighted by Crippen LogP contribution is -2.05. The molecular formula is C12H11N5O3. The number of nitro groups is 1. The van der Waals surface area contributed by atoms with E-state index in [0.29, 0.717) is 23.5 Å². The van der Waals surface area contributed by atoms with Gasteiger partial charge in [-0.05, 0) is 17.7 Å². The van der Waals surface area contributed by atoms with Crippen LogP contribution < -0.4 is 10.6 Å². The molecule has 0 saturated carbocycles. The van der Waals surface area contributed by atoms with Crippen LogP contribution in [0.5, 0.6) is 0 Å². The number of amides is 1. The summed E-state index contributed by atoms with van der Waals surface area (Å²) in [6.07, 6.45) is 1.78. The Labute approximate surface area is 113 Å². The van der Waals surface area contributed by atoms with E-state index in [2.05, 4.69) is 20.8 Å². The largest absolute Gasteiger partial charge is 0.374 e. The molecule has 3 N–H and O–H groups in total. The highest BCUT2D eigenvalue weighted by atomic mass is 16.6. The van der Waals surface area contributed by atoms with Crippen molar-refractivity contribution in [3.63, 3.8) is 0 Å². The van der Waals surface area contributed by atoms with Gasteiger partial charge in [-0.1, -0.05) is 0 Å². The maximum atomic E-state index is 11.3. The normalized spacial score (nSPS) is 12.9. The molecule has 2 aromatic rings. The number of hydrogen-bond acceptors (Lipinski definition) is 5. The van der Waals surface area contributed by atoms with Crippen LogP contribution in [-0.4, -0.2) is 21.0 Å². The maximum Gasteiger partial charge on any atom is 0.292 e. The van der Waals surface area contributed by atoms with Crippen molar-refractivity contribution in [3.05, 3.63) is 45.8 Å². The fraction of sp³-hybridized carbons (Fsp3) is 0.167. The molecule has 1 aliphatic heterocycles. The van der Waals surface area contributed by atoms with Crippen molar-refractivity contribution in [2.45, 2.75) is 13.0 Å². The first-order valence-electron chi connectivity index (χ1n) is 5.97. The Balaban J connectivity index is 1.90. The van der Waals surface area contributed by atoms with Gasteiger partial charge in [0, 0.05) is 18.0 Å². The van der Waals surface area contributed by atoms with Crippen molar-refractivity contribution < 1.29 is 9.72 Å². The molecule has 20 heavy (non-hydrogen) atoms. The van der Waals surface area contributed by atoms with Crippen LogP contribution in [-0.2, 0) is 17.8 Å². The topological polar surface area (TPSA) is 113 Å². The van der Waals surface area contributed by atoms with E-state index in [1.54, 1.807) is 18.3 Å². The Morgan fingerprint density at radius 3 is 3.00 bits per heavy atom. The Hall–Kier alpha value is -2.90. The number of benzene rings is 1. The number of anilines is 2. The number of carbonyl (C=O) groups excluding carboxylic acids is 1. The summed E-state index contributed by atoms with van der Waals surface area (Å²) in [7, 11) is 0. The highest BCUT2D eigenvalue weighted by molar-refractivity contribution is 6.00. The summed E-state index contributed by atoms with van der Waals surface area (Å²) in [6, 6.07) is 4.80. The molecule has 0 aliphatic carbocycles. The fourth-order valence-electron chi connectivity index (χ4n) is 2.13. The van der Waals surface area contributed by atoms with Gasteiger partial charge in [-0.3, -0.25) is 20.0 Å². The van der Waals surface area contributed by atoms with E-state index >= 15 is 0 Å². The molecule has 1 aromatic heterocycles. The molecule has 102 valence electrons. The highest BCUT2D eigenvalue weighted by Gasteiger charge is 2.24. The molecule has 2 heterocycles. The highest BCUT2D eigenvalue weighted by Crippen LogP contribution is 2.34. The standard InChI is InChI=1S/C12H11N5O3/c18-12-4-7-3-11(17(19)20)10(5-9(7)15-12)13-6-8-1-2-14-16-8/h1-3,5,13H,4,6H2,(H,14,16)(H,15,18). The van der Waals surface area contributed by atoms with Crippen LogP contribution in [0, 0.1) is 10.1 Å². The fourth-order valence-corrected chi connectivity index (χ4v) is 2.13. The van der Waals surface area contributed by atoms with E-state index in [1.807, 2.05) is 0 Å². The predicted octanol–water partition coefficient (Wildman–Crippen LogP) is 1.42. The average molecular weight is 273 g/mol. The molecular weight excluding hydrogens is 262 g/mol. The van der Waals surface area contributed by atoms with Gasteiger partial charge >= 0.3 is 0 Å². The predicted molar refractivity (Wildman–Crippen MR) is 71.3 cm³/mol. The summed E-state index contributed by atoms with van der Waals surface area (Å²) in [6.45, 7) is 0.383. The van der Waals surface area contributed by atoms with Gasteiger partial charge < -0.3 is 10.6 Å². The van der Waals surface area contributed by atoms with E-state index in [1.165, 1.54) is 6.07 Å². The molecule has 0 fully saturated rings. The van der Waals surface area contributed by atoms with Crippen LogP contribution in [0.3, 0.4) is 0 Å². The van der Waals surface area contributed by atoms with E-state index in [9.17, 15) is 14.9 Å². The first-order chi connectivity index (χ1) is 9.63. The second kappa shape index (κ2) is 4.65. The number of aromatic nitrogens is 2. The molecule has 1 amide bonds. The zero-order valence-corrected chi connectivity index (χ0v) is 10.3. The van der Waals surface area contributed by atoms with Crippen molar-refractivity contribution in [3.8, 4) is 0 Å². The summed E-state index contributed by atoms with van der Waals surface area (Å²) < 4.78 is 0. The molecule has 1 aliphatic rings. The first kappa shape index (κ1) is 12.2. The summed E-state index contributed by atoms with van der Waals surface area (Å²) in [5, 5.41) is 23.3. The van der Waals surface area contributed by atoms with E-state index in [0.717, 1.165) is 5.69 Å². The lowest BCUT2D eigenvalue weighted by molar-refractivity contribution is -0.384. The van der Waals surface area contributed by atoms with Gasteiger partial charge in [0.2, 0.25) is 5.91 Å². The van der Waals surface area contributed by atoms with Gasteiger partial charge in [0.05, 0.1) is 23.6 Å². The third-order valence-corrected chi connectivity index (χ3v) is 3.07. The first-order valence-corrected chi connectivity index (χ1v) is 5.97. The lowest BCUT2D eigenvalue weighted by atomic mass is 10.1. The monoisotopic (exact) mass is 273 g/mol. The Morgan fingerprint density at radius 1 is 1.45 bits per heavy atom. The van der Waals surface area contributed by atoms with Gasteiger partial charge in [0.1, 0.15) is 5.69 Å². The van der Waals surface area contributed by atoms with Gasteiger partial charge in [0.25, 0.3) is 5.69 Å². The van der Waals surface area contributed by atoms with Crippen molar-refractivity contribution >= 4 is 23.0 Å². The molecule has 0 spiro atoms. The van der Waals surface area contributed by atoms with Crippen LogP contribution in [0.15, 0.2) is 24.4 Å². The smallest absolute Gasteiger partial charge is 0.292 e. The number of fused-ring (bicyclic) bond motifs is 1. The third kappa shape index (κ3) is 2.18. The van der Waals surface area contributed by atoms with Crippen molar-refractivity contribution in [2.75, 3.05) is 10.6 Å². The minimum Gasteiger partial charge on any atom is -0.374 e. The average Bonchev–Trinajstić information content (AvgIpc) is 3.02. The second-order valence-electron chi connectivity index (χ2n) is 4.44. The summed E-state index contributed by atoms with van der Waals surface area (Å²) in [4.78, 5) is 22.0.